The van der Waals surface area contributed by atoms with Crippen LogP contribution in [0.1, 0.15) is 28.4 Å². The SMILES string of the molecule is COc1cccnc1C(N)c1c(C)cccc1C. The monoisotopic (exact) mass is 242 g/mol. The number of aromatic nitrogens is 1. The number of pyridine rings is 1. The van der Waals surface area contributed by atoms with Gasteiger partial charge >= 0.3 is 0 Å². The zero-order valence-electron chi connectivity index (χ0n) is 11.0. The molecule has 18 heavy (non-hydrogen) atoms. The second-order valence-corrected chi connectivity index (χ2v) is 4.37. The number of aryl methyl sites for hydroxylation is 2. The molecule has 0 saturated heterocycles. The van der Waals surface area contributed by atoms with Crippen LogP contribution in [0.15, 0.2) is 36.5 Å². The molecule has 2 rings (SSSR count). The van der Waals surface area contributed by atoms with E-state index in [0.717, 1.165) is 17.0 Å². The first-order chi connectivity index (χ1) is 8.65. The van der Waals surface area contributed by atoms with Gasteiger partial charge in [0.15, 0.2) is 0 Å². The lowest BCUT2D eigenvalue weighted by molar-refractivity contribution is 0.404. The number of hydrogen-bond donors (Lipinski definition) is 1. The van der Waals surface area contributed by atoms with Crippen molar-refractivity contribution in [3.63, 3.8) is 0 Å². The van der Waals surface area contributed by atoms with Gasteiger partial charge < -0.3 is 10.5 Å². The molecule has 1 unspecified atom stereocenters. The lowest BCUT2D eigenvalue weighted by atomic mass is 9.94. The molecule has 1 atom stereocenters. The number of nitrogens with zero attached hydrogens (tertiary/aromatic N) is 1. The number of rotatable bonds is 3. The highest BCUT2D eigenvalue weighted by Crippen LogP contribution is 2.29. The highest BCUT2D eigenvalue weighted by Gasteiger charge is 2.18. The second kappa shape index (κ2) is 5.19. The van der Waals surface area contributed by atoms with Crippen molar-refractivity contribution in [3.05, 3.63) is 58.9 Å². The van der Waals surface area contributed by atoms with Crippen LogP contribution in [0.3, 0.4) is 0 Å². The molecule has 3 heteroatoms. The molecule has 1 aromatic heterocycles. The van der Waals surface area contributed by atoms with Crippen LogP contribution in [0.5, 0.6) is 5.75 Å². The lowest BCUT2D eigenvalue weighted by Gasteiger charge is -2.18. The average Bonchev–Trinajstić information content (AvgIpc) is 2.38. The van der Waals surface area contributed by atoms with Gasteiger partial charge in [-0.25, -0.2) is 0 Å². The number of benzene rings is 1. The molecule has 3 nitrogen and oxygen atoms in total. The van der Waals surface area contributed by atoms with Gasteiger partial charge in [0.25, 0.3) is 0 Å². The molecule has 0 saturated carbocycles. The Balaban J connectivity index is 2.51. The summed E-state index contributed by atoms with van der Waals surface area (Å²) in [6, 6.07) is 9.64. The van der Waals surface area contributed by atoms with Gasteiger partial charge in [-0.05, 0) is 42.7 Å². The van der Waals surface area contributed by atoms with E-state index >= 15 is 0 Å². The molecule has 0 aliphatic carbocycles. The molecule has 1 heterocycles. The number of ether oxygens (including phenoxy) is 1. The third kappa shape index (κ3) is 2.22. The minimum Gasteiger partial charge on any atom is -0.495 e. The van der Waals surface area contributed by atoms with E-state index < -0.39 is 0 Å². The fourth-order valence-corrected chi connectivity index (χ4v) is 2.26. The molecule has 94 valence electrons. The number of methoxy groups -OCH3 is 1. The third-order valence-corrected chi connectivity index (χ3v) is 3.17. The van der Waals surface area contributed by atoms with E-state index in [4.69, 9.17) is 10.5 Å². The van der Waals surface area contributed by atoms with Crippen molar-refractivity contribution in [3.8, 4) is 5.75 Å². The molecule has 0 fully saturated rings. The average molecular weight is 242 g/mol. The number of nitrogens with two attached hydrogens (primary N) is 1. The third-order valence-electron chi connectivity index (χ3n) is 3.17. The van der Waals surface area contributed by atoms with Crippen LogP contribution in [0, 0.1) is 13.8 Å². The Morgan fingerprint density at radius 2 is 1.78 bits per heavy atom. The van der Waals surface area contributed by atoms with Gasteiger partial charge in [0.2, 0.25) is 0 Å². The zero-order valence-corrected chi connectivity index (χ0v) is 11.0. The van der Waals surface area contributed by atoms with Crippen molar-refractivity contribution >= 4 is 0 Å². The topological polar surface area (TPSA) is 48.1 Å². The normalized spacial score (nSPS) is 12.2. The predicted octanol–water partition coefficient (Wildman–Crippen LogP) is 2.76. The van der Waals surface area contributed by atoms with E-state index in [1.807, 2.05) is 18.2 Å². The van der Waals surface area contributed by atoms with E-state index in [-0.39, 0.29) is 6.04 Å². The van der Waals surface area contributed by atoms with Gasteiger partial charge in [-0.2, -0.15) is 0 Å². The smallest absolute Gasteiger partial charge is 0.142 e. The zero-order chi connectivity index (χ0) is 13.1. The van der Waals surface area contributed by atoms with Gasteiger partial charge in [-0.1, -0.05) is 18.2 Å². The Bertz CT molecular complexity index is 532. The summed E-state index contributed by atoms with van der Waals surface area (Å²) in [7, 11) is 1.64. The van der Waals surface area contributed by atoms with Crippen LogP contribution in [-0.2, 0) is 0 Å². The summed E-state index contributed by atoms with van der Waals surface area (Å²) in [5.74, 6) is 0.729. The molecule has 0 amide bonds. The first-order valence-corrected chi connectivity index (χ1v) is 5.95. The van der Waals surface area contributed by atoms with Crippen LogP contribution in [0.2, 0.25) is 0 Å². The lowest BCUT2D eigenvalue weighted by Crippen LogP contribution is -2.17. The van der Waals surface area contributed by atoms with Gasteiger partial charge in [0.05, 0.1) is 13.2 Å². The summed E-state index contributed by atoms with van der Waals surface area (Å²) < 4.78 is 5.33. The molecular weight excluding hydrogens is 224 g/mol. The van der Waals surface area contributed by atoms with Crippen molar-refractivity contribution in [2.75, 3.05) is 7.11 Å². The van der Waals surface area contributed by atoms with Crippen LogP contribution in [0.25, 0.3) is 0 Å². The van der Waals surface area contributed by atoms with Crippen LogP contribution in [-0.4, -0.2) is 12.1 Å². The fourth-order valence-electron chi connectivity index (χ4n) is 2.26. The summed E-state index contributed by atoms with van der Waals surface area (Å²) in [6.45, 7) is 4.13. The first-order valence-electron chi connectivity index (χ1n) is 5.95. The van der Waals surface area contributed by atoms with Gasteiger partial charge in [0, 0.05) is 6.20 Å². The Morgan fingerprint density at radius 3 is 2.39 bits per heavy atom. The van der Waals surface area contributed by atoms with Crippen LogP contribution in [0.4, 0.5) is 0 Å². The molecule has 1 aromatic carbocycles. The van der Waals surface area contributed by atoms with E-state index in [0.29, 0.717) is 0 Å². The van der Waals surface area contributed by atoms with Crippen molar-refractivity contribution < 1.29 is 4.74 Å². The summed E-state index contributed by atoms with van der Waals surface area (Å²) >= 11 is 0. The quantitative estimate of drug-likeness (QED) is 0.900. The summed E-state index contributed by atoms with van der Waals surface area (Å²) in [6.07, 6.45) is 1.74. The molecule has 0 aliphatic rings. The molecule has 0 bridgehead atoms. The maximum atomic E-state index is 6.35. The second-order valence-electron chi connectivity index (χ2n) is 4.37. The highest BCUT2D eigenvalue weighted by atomic mass is 16.5. The summed E-state index contributed by atoms with van der Waals surface area (Å²) in [5, 5.41) is 0. The van der Waals surface area contributed by atoms with E-state index in [2.05, 4.69) is 31.0 Å². The fraction of sp³-hybridized carbons (Fsp3) is 0.267. The standard InChI is InChI=1S/C15H18N2O/c1-10-6-4-7-11(2)13(10)14(16)15-12(18-3)8-5-9-17-15/h4-9,14H,16H2,1-3H3. The Labute approximate surface area is 108 Å². The molecule has 0 spiro atoms. The van der Waals surface area contributed by atoms with E-state index in [9.17, 15) is 0 Å². The van der Waals surface area contributed by atoms with Gasteiger partial charge in [-0.3, -0.25) is 4.98 Å². The maximum Gasteiger partial charge on any atom is 0.142 e. The van der Waals surface area contributed by atoms with Crippen molar-refractivity contribution in [1.82, 2.24) is 4.98 Å². The molecule has 2 aromatic rings. The van der Waals surface area contributed by atoms with Crippen LogP contribution < -0.4 is 10.5 Å². The molecule has 0 aliphatic heterocycles. The Morgan fingerprint density at radius 1 is 1.11 bits per heavy atom. The Kier molecular flexibility index (Phi) is 3.63. The molecule has 0 radical (unpaired) electrons. The summed E-state index contributed by atoms with van der Waals surface area (Å²) in [5.41, 5.74) is 10.6. The minimum atomic E-state index is -0.262. The molecule has 2 N–H and O–H groups in total. The van der Waals surface area contributed by atoms with Crippen LogP contribution >= 0.6 is 0 Å². The number of hydrogen-bond acceptors (Lipinski definition) is 3. The van der Waals surface area contributed by atoms with Crippen molar-refractivity contribution in [1.29, 1.82) is 0 Å². The largest absolute Gasteiger partial charge is 0.495 e. The van der Waals surface area contributed by atoms with Gasteiger partial charge in [-0.15, -0.1) is 0 Å². The highest BCUT2D eigenvalue weighted by molar-refractivity contribution is 5.43. The van der Waals surface area contributed by atoms with E-state index in [1.54, 1.807) is 13.3 Å². The molecular formula is C15H18N2O. The first kappa shape index (κ1) is 12.6. The van der Waals surface area contributed by atoms with Crippen molar-refractivity contribution in [2.24, 2.45) is 5.73 Å². The van der Waals surface area contributed by atoms with Crippen molar-refractivity contribution in [2.45, 2.75) is 19.9 Å². The minimum absolute atomic E-state index is 0.262. The maximum absolute atomic E-state index is 6.35. The summed E-state index contributed by atoms with van der Waals surface area (Å²) in [4.78, 5) is 4.36. The predicted molar refractivity (Wildman–Crippen MR) is 72.7 cm³/mol. The Hall–Kier alpha value is -1.87. The van der Waals surface area contributed by atoms with Gasteiger partial charge in [0.1, 0.15) is 11.4 Å². The van der Waals surface area contributed by atoms with E-state index in [1.165, 1.54) is 11.1 Å².